The molecule has 0 radical (unpaired) electrons. The lowest BCUT2D eigenvalue weighted by atomic mass is 9.90. The first-order valence-electron chi connectivity index (χ1n) is 3.31. The molecule has 0 aliphatic heterocycles. The van der Waals surface area contributed by atoms with Crippen molar-refractivity contribution in [3.05, 3.63) is 0 Å². The van der Waals surface area contributed by atoms with Crippen LogP contribution >= 0.6 is 0 Å². The zero-order valence-electron chi connectivity index (χ0n) is 5.66. The lowest BCUT2D eigenvalue weighted by Crippen LogP contribution is -2.53. The molecule has 1 rings (SSSR count). The number of alkyl halides is 4. The Kier molecular flexibility index (Phi) is 1.86. The number of halogens is 4. The smallest absolute Gasteiger partial charge is 0.335 e. The van der Waals surface area contributed by atoms with Crippen LogP contribution in [0.4, 0.5) is 17.6 Å². The van der Waals surface area contributed by atoms with Crippen LogP contribution in [0.3, 0.4) is 0 Å². The third-order valence-electron chi connectivity index (χ3n) is 1.87. The SMILES string of the molecule is OC1(F)CCCC(F)C1(F)F. The van der Waals surface area contributed by atoms with Crippen LogP contribution in [0.15, 0.2) is 0 Å². The van der Waals surface area contributed by atoms with Crippen molar-refractivity contribution in [3.8, 4) is 0 Å². The first kappa shape index (κ1) is 8.77. The van der Waals surface area contributed by atoms with Gasteiger partial charge < -0.3 is 5.11 Å². The fourth-order valence-electron chi connectivity index (χ4n) is 1.10. The van der Waals surface area contributed by atoms with Gasteiger partial charge in [-0.15, -0.1) is 0 Å². The van der Waals surface area contributed by atoms with Gasteiger partial charge in [-0.25, -0.2) is 8.78 Å². The van der Waals surface area contributed by atoms with E-state index in [0.717, 1.165) is 0 Å². The van der Waals surface area contributed by atoms with E-state index in [1.165, 1.54) is 0 Å². The van der Waals surface area contributed by atoms with Crippen molar-refractivity contribution >= 4 is 0 Å². The van der Waals surface area contributed by atoms with Gasteiger partial charge in [0.25, 0.3) is 5.85 Å². The maximum absolute atomic E-state index is 12.5. The summed E-state index contributed by atoms with van der Waals surface area (Å²) in [5.74, 6) is -7.91. The zero-order valence-corrected chi connectivity index (χ0v) is 5.66. The van der Waals surface area contributed by atoms with Crippen molar-refractivity contribution in [2.24, 2.45) is 0 Å². The highest BCUT2D eigenvalue weighted by Crippen LogP contribution is 2.44. The van der Waals surface area contributed by atoms with Crippen LogP contribution in [0.2, 0.25) is 0 Å². The second-order valence-electron chi connectivity index (χ2n) is 2.74. The molecular formula is C6H8F4O. The molecule has 0 amide bonds. The Morgan fingerprint density at radius 2 is 1.82 bits per heavy atom. The zero-order chi connectivity index (χ0) is 8.70. The quantitative estimate of drug-likeness (QED) is 0.552. The van der Waals surface area contributed by atoms with Crippen LogP contribution in [-0.2, 0) is 0 Å². The Bertz CT molecular complexity index is 157. The minimum atomic E-state index is -4.24. The molecule has 0 aromatic heterocycles. The third kappa shape index (κ3) is 1.21. The van der Waals surface area contributed by atoms with Crippen LogP contribution in [-0.4, -0.2) is 23.1 Å². The molecule has 1 saturated carbocycles. The molecule has 1 nitrogen and oxygen atoms in total. The van der Waals surface area contributed by atoms with E-state index >= 15 is 0 Å². The molecule has 66 valence electrons. The van der Waals surface area contributed by atoms with E-state index in [9.17, 15) is 17.6 Å². The largest absolute Gasteiger partial charge is 0.357 e. The van der Waals surface area contributed by atoms with Crippen LogP contribution in [0, 0.1) is 0 Å². The van der Waals surface area contributed by atoms with Gasteiger partial charge in [0, 0.05) is 6.42 Å². The second-order valence-corrected chi connectivity index (χ2v) is 2.74. The predicted molar refractivity (Wildman–Crippen MR) is 29.8 cm³/mol. The summed E-state index contributed by atoms with van der Waals surface area (Å²) in [6.45, 7) is 0. The van der Waals surface area contributed by atoms with E-state index in [0.29, 0.717) is 0 Å². The summed E-state index contributed by atoms with van der Waals surface area (Å²) in [7, 11) is 0. The van der Waals surface area contributed by atoms with E-state index < -0.39 is 24.4 Å². The molecule has 5 heteroatoms. The molecule has 2 atom stereocenters. The normalized spacial score (nSPS) is 43.9. The molecule has 1 N–H and O–H groups in total. The summed E-state index contributed by atoms with van der Waals surface area (Å²) >= 11 is 0. The molecule has 1 aliphatic carbocycles. The number of hydrogen-bond acceptors (Lipinski definition) is 1. The Labute approximate surface area is 61.0 Å². The maximum Gasteiger partial charge on any atom is 0.335 e. The highest BCUT2D eigenvalue weighted by molar-refractivity contribution is 4.94. The molecule has 1 fully saturated rings. The van der Waals surface area contributed by atoms with Gasteiger partial charge in [-0.2, -0.15) is 8.78 Å². The average Bonchev–Trinajstić information content (AvgIpc) is 1.84. The third-order valence-corrected chi connectivity index (χ3v) is 1.87. The van der Waals surface area contributed by atoms with Crippen molar-refractivity contribution in [1.29, 1.82) is 0 Å². The second kappa shape index (κ2) is 2.33. The van der Waals surface area contributed by atoms with E-state index in [1.54, 1.807) is 0 Å². The Balaban J connectivity index is 2.82. The molecular weight excluding hydrogens is 164 g/mol. The summed E-state index contributed by atoms with van der Waals surface area (Å²) < 4.78 is 49.5. The lowest BCUT2D eigenvalue weighted by Gasteiger charge is -2.34. The highest BCUT2D eigenvalue weighted by Gasteiger charge is 2.61. The molecule has 0 heterocycles. The molecule has 2 unspecified atom stereocenters. The number of hydrogen-bond donors (Lipinski definition) is 1. The van der Waals surface area contributed by atoms with Gasteiger partial charge in [0.1, 0.15) is 0 Å². The molecule has 11 heavy (non-hydrogen) atoms. The van der Waals surface area contributed by atoms with E-state index in [1.807, 2.05) is 0 Å². The van der Waals surface area contributed by atoms with Crippen molar-refractivity contribution in [2.45, 2.75) is 37.2 Å². The fraction of sp³-hybridized carbons (Fsp3) is 1.00. The average molecular weight is 172 g/mol. The molecule has 0 bridgehead atoms. The minimum absolute atomic E-state index is 0.0518. The number of rotatable bonds is 0. The van der Waals surface area contributed by atoms with Gasteiger partial charge in [-0.1, -0.05) is 0 Å². The van der Waals surface area contributed by atoms with Crippen molar-refractivity contribution < 1.29 is 22.7 Å². The molecule has 0 saturated heterocycles. The summed E-state index contributed by atoms with van der Waals surface area (Å²) in [6.07, 6.45) is -3.70. The van der Waals surface area contributed by atoms with Gasteiger partial charge >= 0.3 is 5.92 Å². The van der Waals surface area contributed by atoms with Gasteiger partial charge in [0.15, 0.2) is 6.17 Å². The summed E-state index contributed by atoms with van der Waals surface area (Å²) in [5, 5.41) is 8.42. The summed E-state index contributed by atoms with van der Waals surface area (Å²) in [6, 6.07) is 0. The van der Waals surface area contributed by atoms with E-state index in [2.05, 4.69) is 0 Å². The number of aliphatic hydroxyl groups is 1. The molecule has 0 aromatic carbocycles. The summed E-state index contributed by atoms with van der Waals surface area (Å²) in [4.78, 5) is 0. The van der Waals surface area contributed by atoms with Crippen LogP contribution in [0.1, 0.15) is 19.3 Å². The van der Waals surface area contributed by atoms with Crippen LogP contribution < -0.4 is 0 Å². The van der Waals surface area contributed by atoms with Gasteiger partial charge in [-0.3, -0.25) is 0 Å². The molecule has 1 aliphatic rings. The standard InChI is InChI=1S/C6H8F4O/c7-4-2-1-3-5(8,11)6(4,9)10/h4,11H,1-3H2. The Morgan fingerprint density at radius 1 is 1.27 bits per heavy atom. The van der Waals surface area contributed by atoms with E-state index in [-0.39, 0.29) is 12.8 Å². The van der Waals surface area contributed by atoms with Crippen molar-refractivity contribution in [3.63, 3.8) is 0 Å². The summed E-state index contributed by atoms with van der Waals surface area (Å²) in [5.41, 5.74) is 0. The van der Waals surface area contributed by atoms with Gasteiger partial charge in [0.2, 0.25) is 0 Å². The van der Waals surface area contributed by atoms with Crippen molar-refractivity contribution in [2.75, 3.05) is 0 Å². The fourth-order valence-corrected chi connectivity index (χ4v) is 1.10. The van der Waals surface area contributed by atoms with Crippen LogP contribution in [0.5, 0.6) is 0 Å². The molecule has 0 aromatic rings. The predicted octanol–water partition coefficient (Wildman–Crippen LogP) is 1.80. The Hall–Kier alpha value is -0.320. The topological polar surface area (TPSA) is 20.2 Å². The van der Waals surface area contributed by atoms with Gasteiger partial charge in [-0.05, 0) is 12.8 Å². The first-order valence-corrected chi connectivity index (χ1v) is 3.31. The Morgan fingerprint density at radius 3 is 2.18 bits per heavy atom. The van der Waals surface area contributed by atoms with Crippen LogP contribution in [0.25, 0.3) is 0 Å². The highest BCUT2D eigenvalue weighted by atomic mass is 19.3. The maximum atomic E-state index is 12.5. The lowest BCUT2D eigenvalue weighted by molar-refractivity contribution is -0.293. The molecule has 0 spiro atoms. The first-order chi connectivity index (χ1) is 4.88. The van der Waals surface area contributed by atoms with Gasteiger partial charge in [0.05, 0.1) is 0 Å². The van der Waals surface area contributed by atoms with Crippen molar-refractivity contribution in [1.82, 2.24) is 0 Å². The van der Waals surface area contributed by atoms with E-state index in [4.69, 9.17) is 5.11 Å². The minimum Gasteiger partial charge on any atom is -0.357 e. The monoisotopic (exact) mass is 172 g/mol.